The van der Waals surface area contributed by atoms with Crippen LogP contribution in [0, 0.1) is 5.92 Å². The fraction of sp³-hybridized carbons (Fsp3) is 0.333. The number of fused-ring (bicyclic) bond motifs is 1. The second-order valence-electron chi connectivity index (χ2n) is 4.19. The topological polar surface area (TPSA) is 41.9 Å². The molecule has 0 saturated carbocycles. The summed E-state index contributed by atoms with van der Waals surface area (Å²) in [5, 5.41) is 4.04. The maximum absolute atomic E-state index is 11.7. The molecule has 1 saturated heterocycles. The van der Waals surface area contributed by atoms with Gasteiger partial charge in [-0.25, -0.2) is 0 Å². The second-order valence-corrected chi connectivity index (χ2v) is 4.19. The molecular formula is C12H12N2O2. The number of carbonyl (C=O) groups excluding carboxylic acids is 1. The Hall–Kier alpha value is -1.84. The summed E-state index contributed by atoms with van der Waals surface area (Å²) in [7, 11) is 1.80. The molecule has 2 aliphatic heterocycles. The average molecular weight is 216 g/mol. The number of carbonyl (C=O) groups is 1. The fourth-order valence-electron chi connectivity index (χ4n) is 2.28. The third kappa shape index (κ3) is 1.23. The Morgan fingerprint density at radius 1 is 1.38 bits per heavy atom. The molecule has 0 radical (unpaired) electrons. The molecule has 1 amide bonds. The smallest absolute Gasteiger partial charge is 0.267 e. The maximum Gasteiger partial charge on any atom is 0.267 e. The Morgan fingerprint density at radius 3 is 2.88 bits per heavy atom. The largest absolute Gasteiger partial charge is 0.381 e. The number of amides is 1. The van der Waals surface area contributed by atoms with Gasteiger partial charge in [-0.15, -0.1) is 0 Å². The van der Waals surface area contributed by atoms with Crippen molar-refractivity contribution >= 4 is 11.6 Å². The number of likely N-dealkylation sites (tertiary alicyclic amines) is 1. The van der Waals surface area contributed by atoms with Crippen molar-refractivity contribution in [2.45, 2.75) is 6.10 Å². The minimum absolute atomic E-state index is 0.0275. The summed E-state index contributed by atoms with van der Waals surface area (Å²) in [6.45, 7) is 0.692. The molecule has 4 nitrogen and oxygen atoms in total. The number of hydrogen-bond acceptors (Lipinski definition) is 3. The van der Waals surface area contributed by atoms with Crippen molar-refractivity contribution in [3.63, 3.8) is 0 Å². The molecule has 0 N–H and O–H groups in total. The molecule has 2 atom stereocenters. The molecular weight excluding hydrogens is 204 g/mol. The second kappa shape index (κ2) is 3.33. The SMILES string of the molecule is CN1CC2C(c3ccccc3)=NOC2C1=O. The third-order valence-corrected chi connectivity index (χ3v) is 3.14. The normalized spacial score (nSPS) is 27.7. The van der Waals surface area contributed by atoms with Crippen molar-refractivity contribution in [3.8, 4) is 0 Å². The van der Waals surface area contributed by atoms with Crippen molar-refractivity contribution in [1.82, 2.24) is 4.90 Å². The molecule has 2 aliphatic rings. The van der Waals surface area contributed by atoms with Crippen LogP contribution in [-0.4, -0.2) is 36.2 Å². The Kier molecular flexibility index (Phi) is 1.96. The molecule has 2 heterocycles. The van der Waals surface area contributed by atoms with Gasteiger partial charge < -0.3 is 9.74 Å². The van der Waals surface area contributed by atoms with Gasteiger partial charge in [0.15, 0.2) is 0 Å². The zero-order valence-electron chi connectivity index (χ0n) is 8.96. The van der Waals surface area contributed by atoms with E-state index in [4.69, 9.17) is 4.84 Å². The van der Waals surface area contributed by atoms with Crippen molar-refractivity contribution < 1.29 is 9.63 Å². The molecule has 1 aromatic rings. The summed E-state index contributed by atoms with van der Waals surface area (Å²) < 4.78 is 0. The molecule has 1 fully saturated rings. The first kappa shape index (κ1) is 9.39. The maximum atomic E-state index is 11.7. The average Bonchev–Trinajstić information content (AvgIpc) is 2.83. The lowest BCUT2D eigenvalue weighted by molar-refractivity contribution is -0.135. The van der Waals surface area contributed by atoms with Gasteiger partial charge in [-0.2, -0.15) is 0 Å². The van der Waals surface area contributed by atoms with Gasteiger partial charge in [-0.05, 0) is 5.56 Å². The van der Waals surface area contributed by atoms with Crippen LogP contribution in [0.1, 0.15) is 5.56 Å². The van der Waals surface area contributed by atoms with E-state index in [0.717, 1.165) is 11.3 Å². The third-order valence-electron chi connectivity index (χ3n) is 3.14. The lowest BCUT2D eigenvalue weighted by Crippen LogP contribution is -2.26. The van der Waals surface area contributed by atoms with E-state index < -0.39 is 6.10 Å². The van der Waals surface area contributed by atoms with Crippen LogP contribution in [0.15, 0.2) is 35.5 Å². The van der Waals surface area contributed by atoms with Crippen LogP contribution in [-0.2, 0) is 9.63 Å². The zero-order chi connectivity index (χ0) is 11.1. The highest BCUT2D eigenvalue weighted by Crippen LogP contribution is 2.29. The highest BCUT2D eigenvalue weighted by Gasteiger charge is 2.47. The lowest BCUT2D eigenvalue weighted by atomic mass is 9.95. The molecule has 4 heteroatoms. The Bertz CT molecular complexity index is 455. The molecule has 82 valence electrons. The first-order chi connectivity index (χ1) is 7.77. The summed E-state index contributed by atoms with van der Waals surface area (Å²) in [5.41, 5.74) is 1.93. The molecule has 0 aromatic heterocycles. The number of rotatable bonds is 1. The highest BCUT2D eigenvalue weighted by molar-refractivity contribution is 6.07. The van der Waals surface area contributed by atoms with Crippen LogP contribution in [0.3, 0.4) is 0 Å². The molecule has 0 aliphatic carbocycles. The Labute approximate surface area is 93.5 Å². The standard InChI is InChI=1S/C12H12N2O2/c1-14-7-9-10(8-5-3-2-4-6-8)13-16-11(9)12(14)15/h2-6,9,11H,7H2,1H3. The summed E-state index contributed by atoms with van der Waals surface area (Å²) in [4.78, 5) is 18.6. The van der Waals surface area contributed by atoms with Crippen LogP contribution in [0.5, 0.6) is 0 Å². The zero-order valence-corrected chi connectivity index (χ0v) is 8.96. The summed E-state index contributed by atoms with van der Waals surface area (Å²) >= 11 is 0. The number of hydrogen-bond donors (Lipinski definition) is 0. The van der Waals surface area contributed by atoms with E-state index in [1.165, 1.54) is 0 Å². The minimum Gasteiger partial charge on any atom is -0.381 e. The van der Waals surface area contributed by atoms with E-state index in [-0.39, 0.29) is 11.8 Å². The van der Waals surface area contributed by atoms with Crippen LogP contribution >= 0.6 is 0 Å². The Balaban J connectivity index is 1.93. The molecule has 0 spiro atoms. The minimum atomic E-state index is -0.403. The molecule has 3 rings (SSSR count). The van der Waals surface area contributed by atoms with Crippen molar-refractivity contribution in [2.24, 2.45) is 11.1 Å². The van der Waals surface area contributed by atoms with Gasteiger partial charge in [-0.1, -0.05) is 35.5 Å². The van der Waals surface area contributed by atoms with Crippen LogP contribution in [0.25, 0.3) is 0 Å². The fourth-order valence-corrected chi connectivity index (χ4v) is 2.28. The number of nitrogens with zero attached hydrogens (tertiary/aromatic N) is 2. The molecule has 16 heavy (non-hydrogen) atoms. The quantitative estimate of drug-likeness (QED) is 0.699. The van der Waals surface area contributed by atoms with Crippen molar-refractivity contribution in [3.05, 3.63) is 35.9 Å². The van der Waals surface area contributed by atoms with E-state index >= 15 is 0 Å². The van der Waals surface area contributed by atoms with Gasteiger partial charge in [0.05, 0.1) is 11.6 Å². The molecule has 0 bridgehead atoms. The van der Waals surface area contributed by atoms with Gasteiger partial charge in [0, 0.05) is 13.6 Å². The van der Waals surface area contributed by atoms with E-state index in [1.807, 2.05) is 30.3 Å². The first-order valence-corrected chi connectivity index (χ1v) is 5.31. The predicted molar refractivity (Wildman–Crippen MR) is 59.0 cm³/mol. The van der Waals surface area contributed by atoms with Gasteiger partial charge in [0.25, 0.3) is 5.91 Å². The van der Waals surface area contributed by atoms with Crippen LogP contribution in [0.2, 0.25) is 0 Å². The summed E-state index contributed by atoms with van der Waals surface area (Å²) in [5.74, 6) is 0.111. The molecule has 1 aromatic carbocycles. The molecule has 2 unspecified atom stereocenters. The van der Waals surface area contributed by atoms with Crippen molar-refractivity contribution in [1.29, 1.82) is 0 Å². The summed E-state index contributed by atoms with van der Waals surface area (Å²) in [6, 6.07) is 9.88. The van der Waals surface area contributed by atoms with Gasteiger partial charge in [0.1, 0.15) is 0 Å². The number of oxime groups is 1. The monoisotopic (exact) mass is 216 g/mol. The van der Waals surface area contributed by atoms with E-state index in [9.17, 15) is 4.79 Å². The van der Waals surface area contributed by atoms with Crippen LogP contribution in [0.4, 0.5) is 0 Å². The van der Waals surface area contributed by atoms with Gasteiger partial charge in [-0.3, -0.25) is 4.79 Å². The number of benzene rings is 1. The lowest BCUT2D eigenvalue weighted by Gasteiger charge is -2.09. The van der Waals surface area contributed by atoms with E-state index in [0.29, 0.717) is 6.54 Å². The van der Waals surface area contributed by atoms with E-state index in [1.54, 1.807) is 11.9 Å². The highest BCUT2D eigenvalue weighted by atomic mass is 16.6. The number of likely N-dealkylation sites (N-methyl/N-ethyl adjacent to an activating group) is 1. The van der Waals surface area contributed by atoms with Crippen molar-refractivity contribution in [2.75, 3.05) is 13.6 Å². The first-order valence-electron chi connectivity index (χ1n) is 5.31. The predicted octanol–water partition coefficient (Wildman–Crippen LogP) is 0.878. The van der Waals surface area contributed by atoms with Crippen LogP contribution < -0.4 is 0 Å². The van der Waals surface area contributed by atoms with E-state index in [2.05, 4.69) is 5.16 Å². The Morgan fingerprint density at radius 2 is 2.12 bits per heavy atom. The van der Waals surface area contributed by atoms with Gasteiger partial charge in [0.2, 0.25) is 6.10 Å². The van der Waals surface area contributed by atoms with Gasteiger partial charge >= 0.3 is 0 Å². The summed E-state index contributed by atoms with van der Waals surface area (Å²) in [6.07, 6.45) is -0.403.